The largest absolute Gasteiger partial charge is 0.293 e. The summed E-state index contributed by atoms with van der Waals surface area (Å²) in [5.41, 5.74) is 3.27. The SMILES string of the molecule is O=[N+]([O-])c1ccccc1S(=O)(=O)NCc1cccc(CN(CCc2ccccn2)Cc2ccccn2)c1. The molecule has 4 aromatic rings. The first kappa shape index (κ1) is 26.1. The van der Waals surface area contributed by atoms with Gasteiger partial charge in [0.2, 0.25) is 10.0 Å². The van der Waals surface area contributed by atoms with Gasteiger partial charge in [0, 0.05) is 56.8 Å². The Balaban J connectivity index is 1.46. The van der Waals surface area contributed by atoms with Crippen molar-refractivity contribution in [2.24, 2.45) is 0 Å². The molecule has 0 aliphatic heterocycles. The fraction of sp³-hybridized carbons (Fsp3) is 0.185. The lowest BCUT2D eigenvalue weighted by atomic mass is 10.1. The highest BCUT2D eigenvalue weighted by Crippen LogP contribution is 2.23. The van der Waals surface area contributed by atoms with Gasteiger partial charge in [-0.15, -0.1) is 0 Å². The van der Waals surface area contributed by atoms with E-state index in [2.05, 4.69) is 19.6 Å². The summed E-state index contributed by atoms with van der Waals surface area (Å²) < 4.78 is 28.0. The summed E-state index contributed by atoms with van der Waals surface area (Å²) in [5.74, 6) is 0. The topological polar surface area (TPSA) is 118 Å². The monoisotopic (exact) mass is 517 g/mol. The Morgan fingerprint density at radius 3 is 2.19 bits per heavy atom. The number of benzene rings is 2. The van der Waals surface area contributed by atoms with Crippen molar-refractivity contribution in [3.63, 3.8) is 0 Å². The Hall–Kier alpha value is -3.99. The van der Waals surface area contributed by atoms with Crippen LogP contribution < -0.4 is 4.72 Å². The maximum Gasteiger partial charge on any atom is 0.289 e. The standard InChI is InChI=1S/C27H27N5O4S/c33-32(34)26-12-1-2-13-27(26)37(35,36)30-19-22-8-7-9-23(18-22)20-31(21-25-11-4-6-16-29-25)17-14-24-10-3-5-15-28-24/h1-13,15-16,18,30H,14,17,19-21H2. The lowest BCUT2D eigenvalue weighted by Gasteiger charge is -2.22. The number of hydrogen-bond donors (Lipinski definition) is 1. The number of rotatable bonds is 12. The van der Waals surface area contributed by atoms with Gasteiger partial charge in [-0.3, -0.25) is 25.0 Å². The maximum absolute atomic E-state index is 12.8. The highest BCUT2D eigenvalue weighted by Gasteiger charge is 2.24. The van der Waals surface area contributed by atoms with Gasteiger partial charge in [-0.25, -0.2) is 13.1 Å². The van der Waals surface area contributed by atoms with Crippen molar-refractivity contribution in [3.8, 4) is 0 Å². The Labute approximate surface area is 216 Å². The minimum atomic E-state index is -4.07. The minimum absolute atomic E-state index is 0.0103. The molecule has 0 aliphatic carbocycles. The number of nitrogens with one attached hydrogen (secondary N) is 1. The number of sulfonamides is 1. The molecule has 2 aromatic heterocycles. The molecule has 0 aliphatic rings. The molecule has 4 rings (SSSR count). The van der Waals surface area contributed by atoms with Crippen LogP contribution in [0.4, 0.5) is 5.69 Å². The van der Waals surface area contributed by atoms with Gasteiger partial charge in [-0.1, -0.05) is 48.5 Å². The molecule has 0 saturated heterocycles. The highest BCUT2D eigenvalue weighted by atomic mass is 32.2. The molecular formula is C27H27N5O4S. The van der Waals surface area contributed by atoms with E-state index in [1.54, 1.807) is 12.4 Å². The number of nitro benzene ring substituents is 1. The van der Waals surface area contributed by atoms with Crippen LogP contribution in [0.15, 0.2) is 102 Å². The van der Waals surface area contributed by atoms with E-state index in [0.717, 1.165) is 35.5 Å². The molecule has 0 spiro atoms. The van der Waals surface area contributed by atoms with Crippen molar-refractivity contribution in [1.29, 1.82) is 0 Å². The number of nitro groups is 1. The lowest BCUT2D eigenvalue weighted by Crippen LogP contribution is -2.26. The van der Waals surface area contributed by atoms with Crippen LogP contribution in [0, 0.1) is 10.1 Å². The predicted octanol–water partition coefficient (Wildman–Crippen LogP) is 4.11. The van der Waals surface area contributed by atoms with Crippen LogP contribution >= 0.6 is 0 Å². The van der Waals surface area contributed by atoms with Crippen molar-refractivity contribution in [2.45, 2.75) is 31.0 Å². The summed E-state index contributed by atoms with van der Waals surface area (Å²) >= 11 is 0. The summed E-state index contributed by atoms with van der Waals surface area (Å²) in [6, 6.07) is 24.6. The van der Waals surface area contributed by atoms with Crippen molar-refractivity contribution >= 4 is 15.7 Å². The second kappa shape index (κ2) is 12.3. The van der Waals surface area contributed by atoms with Gasteiger partial charge in [-0.05, 0) is 41.5 Å². The minimum Gasteiger partial charge on any atom is -0.293 e. The van der Waals surface area contributed by atoms with Crippen LogP contribution in [-0.4, -0.2) is 34.8 Å². The first-order valence-corrected chi connectivity index (χ1v) is 13.2. The highest BCUT2D eigenvalue weighted by molar-refractivity contribution is 7.89. The molecule has 0 saturated carbocycles. The fourth-order valence-corrected chi connectivity index (χ4v) is 5.13. The van der Waals surface area contributed by atoms with Gasteiger partial charge < -0.3 is 0 Å². The van der Waals surface area contributed by atoms with E-state index in [1.807, 2.05) is 60.7 Å². The van der Waals surface area contributed by atoms with E-state index in [0.29, 0.717) is 13.1 Å². The molecule has 10 heteroatoms. The Morgan fingerprint density at radius 1 is 0.811 bits per heavy atom. The molecule has 2 aromatic carbocycles. The smallest absolute Gasteiger partial charge is 0.289 e. The zero-order valence-corrected chi connectivity index (χ0v) is 20.9. The van der Waals surface area contributed by atoms with E-state index in [-0.39, 0.29) is 11.4 Å². The third-order valence-corrected chi connectivity index (χ3v) is 7.19. The molecule has 2 heterocycles. The molecule has 0 bridgehead atoms. The number of para-hydroxylation sites is 1. The molecule has 0 unspecified atom stereocenters. The van der Waals surface area contributed by atoms with E-state index >= 15 is 0 Å². The second-order valence-corrected chi connectivity index (χ2v) is 10.2. The van der Waals surface area contributed by atoms with Gasteiger partial charge in [0.15, 0.2) is 4.90 Å². The van der Waals surface area contributed by atoms with Crippen LogP contribution in [0.25, 0.3) is 0 Å². The van der Waals surface area contributed by atoms with E-state index in [1.165, 1.54) is 24.3 Å². The van der Waals surface area contributed by atoms with E-state index in [9.17, 15) is 18.5 Å². The summed E-state index contributed by atoms with van der Waals surface area (Å²) in [4.78, 5) is 21.4. The normalized spacial score (nSPS) is 11.5. The number of hydrogen-bond acceptors (Lipinski definition) is 7. The second-order valence-electron chi connectivity index (χ2n) is 8.47. The first-order chi connectivity index (χ1) is 17.9. The van der Waals surface area contributed by atoms with Gasteiger partial charge in [0.05, 0.1) is 10.6 Å². The van der Waals surface area contributed by atoms with E-state index < -0.39 is 20.6 Å². The summed E-state index contributed by atoms with van der Waals surface area (Å²) in [5, 5.41) is 11.3. The molecule has 0 amide bonds. The predicted molar refractivity (Wildman–Crippen MR) is 140 cm³/mol. The third-order valence-electron chi connectivity index (χ3n) is 5.74. The first-order valence-electron chi connectivity index (χ1n) is 11.7. The molecular weight excluding hydrogens is 490 g/mol. The van der Waals surface area contributed by atoms with Crippen LogP contribution in [0.5, 0.6) is 0 Å². The molecule has 0 fully saturated rings. The van der Waals surface area contributed by atoms with Crippen molar-refractivity contribution in [2.75, 3.05) is 6.54 Å². The molecule has 1 N–H and O–H groups in total. The van der Waals surface area contributed by atoms with Crippen LogP contribution in [0.3, 0.4) is 0 Å². The average molecular weight is 518 g/mol. The van der Waals surface area contributed by atoms with Crippen LogP contribution in [-0.2, 0) is 36.1 Å². The van der Waals surface area contributed by atoms with Crippen molar-refractivity contribution < 1.29 is 13.3 Å². The molecule has 0 radical (unpaired) electrons. The Kier molecular flexibility index (Phi) is 8.68. The third kappa shape index (κ3) is 7.50. The van der Waals surface area contributed by atoms with Crippen LogP contribution in [0.2, 0.25) is 0 Å². The zero-order chi connectivity index (χ0) is 26.1. The zero-order valence-electron chi connectivity index (χ0n) is 20.1. The van der Waals surface area contributed by atoms with Crippen molar-refractivity contribution in [1.82, 2.24) is 19.6 Å². The quantitative estimate of drug-likeness (QED) is 0.222. The lowest BCUT2D eigenvalue weighted by molar-refractivity contribution is -0.387. The Morgan fingerprint density at radius 2 is 1.49 bits per heavy atom. The Bertz CT molecular complexity index is 1430. The number of aromatic nitrogens is 2. The van der Waals surface area contributed by atoms with Crippen LogP contribution in [0.1, 0.15) is 22.5 Å². The molecule has 37 heavy (non-hydrogen) atoms. The summed E-state index contributed by atoms with van der Waals surface area (Å²) in [6.07, 6.45) is 4.34. The van der Waals surface area contributed by atoms with Gasteiger partial charge in [-0.2, -0.15) is 0 Å². The van der Waals surface area contributed by atoms with E-state index in [4.69, 9.17) is 0 Å². The number of nitrogens with zero attached hydrogens (tertiary/aromatic N) is 4. The maximum atomic E-state index is 12.8. The van der Waals surface area contributed by atoms with Crippen molar-refractivity contribution in [3.05, 3.63) is 130 Å². The fourth-order valence-electron chi connectivity index (χ4n) is 3.94. The van der Waals surface area contributed by atoms with Gasteiger partial charge in [0.25, 0.3) is 5.69 Å². The summed E-state index contributed by atoms with van der Waals surface area (Å²) in [7, 11) is -4.07. The average Bonchev–Trinajstić information content (AvgIpc) is 2.92. The summed E-state index contributed by atoms with van der Waals surface area (Å²) in [6.45, 7) is 2.06. The van der Waals surface area contributed by atoms with Gasteiger partial charge >= 0.3 is 0 Å². The molecule has 190 valence electrons. The molecule has 0 atom stereocenters. The van der Waals surface area contributed by atoms with Gasteiger partial charge in [0.1, 0.15) is 0 Å². The number of pyridine rings is 2. The molecule has 9 nitrogen and oxygen atoms in total.